The summed E-state index contributed by atoms with van der Waals surface area (Å²) >= 11 is 0. The van der Waals surface area contributed by atoms with Crippen LogP contribution in [-0.4, -0.2) is 12.5 Å². The molecule has 0 aliphatic rings. The number of benzene rings is 3. The van der Waals surface area contributed by atoms with Gasteiger partial charge in [0.05, 0.1) is 11.4 Å². The first kappa shape index (κ1) is 17.4. The molecule has 0 saturated carbocycles. The molecule has 130 valence electrons. The molecule has 0 aliphatic heterocycles. The van der Waals surface area contributed by atoms with Crippen LogP contribution in [0.4, 0.5) is 17.1 Å². The van der Waals surface area contributed by atoms with Crippen LogP contribution in [-0.2, 0) is 4.79 Å². The van der Waals surface area contributed by atoms with Crippen molar-refractivity contribution in [2.24, 2.45) is 10.2 Å². The second-order valence-electron chi connectivity index (χ2n) is 5.74. The van der Waals surface area contributed by atoms with Gasteiger partial charge < -0.3 is 10.1 Å². The van der Waals surface area contributed by atoms with E-state index in [1.54, 1.807) is 24.3 Å². The van der Waals surface area contributed by atoms with Gasteiger partial charge in [-0.2, -0.15) is 10.2 Å². The van der Waals surface area contributed by atoms with Crippen molar-refractivity contribution in [3.05, 3.63) is 84.4 Å². The lowest BCUT2D eigenvalue weighted by molar-refractivity contribution is -0.118. The van der Waals surface area contributed by atoms with Crippen molar-refractivity contribution in [1.82, 2.24) is 0 Å². The number of amides is 1. The maximum Gasteiger partial charge on any atom is 0.262 e. The monoisotopic (exact) mass is 345 g/mol. The van der Waals surface area contributed by atoms with Crippen molar-refractivity contribution < 1.29 is 9.53 Å². The second kappa shape index (κ2) is 8.58. The smallest absolute Gasteiger partial charge is 0.262 e. The lowest BCUT2D eigenvalue weighted by Gasteiger charge is -2.08. The first-order valence-electron chi connectivity index (χ1n) is 8.25. The molecule has 3 rings (SSSR count). The van der Waals surface area contributed by atoms with Crippen LogP contribution in [0.25, 0.3) is 0 Å². The molecule has 0 aromatic heterocycles. The normalized spacial score (nSPS) is 10.7. The van der Waals surface area contributed by atoms with Crippen molar-refractivity contribution in [3.63, 3.8) is 0 Å². The molecule has 0 atom stereocenters. The highest BCUT2D eigenvalue weighted by Crippen LogP contribution is 2.20. The number of rotatable bonds is 6. The van der Waals surface area contributed by atoms with Gasteiger partial charge in [0.15, 0.2) is 6.61 Å². The van der Waals surface area contributed by atoms with E-state index in [2.05, 4.69) is 15.5 Å². The first-order valence-corrected chi connectivity index (χ1v) is 8.25. The van der Waals surface area contributed by atoms with Crippen molar-refractivity contribution in [1.29, 1.82) is 0 Å². The molecule has 1 N–H and O–H groups in total. The third-order valence-electron chi connectivity index (χ3n) is 3.55. The lowest BCUT2D eigenvalue weighted by atomic mass is 10.2. The van der Waals surface area contributed by atoms with Gasteiger partial charge >= 0.3 is 0 Å². The number of azo groups is 1. The molecule has 0 unspecified atom stereocenters. The van der Waals surface area contributed by atoms with Gasteiger partial charge in [-0.3, -0.25) is 4.79 Å². The van der Waals surface area contributed by atoms with Crippen LogP contribution in [0.15, 0.2) is 89.1 Å². The molecule has 1 amide bonds. The first-order chi connectivity index (χ1) is 12.7. The van der Waals surface area contributed by atoms with Gasteiger partial charge in [0.25, 0.3) is 5.91 Å². The summed E-state index contributed by atoms with van der Waals surface area (Å²) in [4.78, 5) is 12.0. The van der Waals surface area contributed by atoms with Crippen molar-refractivity contribution in [2.75, 3.05) is 11.9 Å². The molecule has 0 aliphatic carbocycles. The highest BCUT2D eigenvalue weighted by molar-refractivity contribution is 5.92. The van der Waals surface area contributed by atoms with Crippen LogP contribution < -0.4 is 10.1 Å². The van der Waals surface area contributed by atoms with Gasteiger partial charge in [-0.05, 0) is 61.0 Å². The Morgan fingerprint density at radius 2 is 1.58 bits per heavy atom. The highest BCUT2D eigenvalue weighted by Gasteiger charge is 2.04. The third-order valence-corrected chi connectivity index (χ3v) is 3.55. The van der Waals surface area contributed by atoms with E-state index in [-0.39, 0.29) is 12.5 Å². The molecule has 3 aromatic rings. The molecule has 0 bridgehead atoms. The fourth-order valence-corrected chi connectivity index (χ4v) is 2.27. The summed E-state index contributed by atoms with van der Waals surface area (Å²) in [5.74, 6) is 0.460. The predicted octanol–water partition coefficient (Wildman–Crippen LogP) is 5.43. The van der Waals surface area contributed by atoms with E-state index >= 15 is 0 Å². The Balaban J connectivity index is 1.52. The van der Waals surface area contributed by atoms with E-state index in [0.29, 0.717) is 17.1 Å². The van der Waals surface area contributed by atoms with E-state index in [4.69, 9.17) is 4.74 Å². The zero-order chi connectivity index (χ0) is 18.2. The maximum absolute atomic E-state index is 12.0. The number of aryl methyl sites for hydroxylation is 1. The summed E-state index contributed by atoms with van der Waals surface area (Å²) in [6.07, 6.45) is 0. The van der Waals surface area contributed by atoms with Crippen LogP contribution in [0.1, 0.15) is 5.56 Å². The molecule has 3 aromatic carbocycles. The molecule has 0 spiro atoms. The van der Waals surface area contributed by atoms with Gasteiger partial charge in [0.2, 0.25) is 0 Å². The fraction of sp³-hybridized carbons (Fsp3) is 0.0952. The van der Waals surface area contributed by atoms with Gasteiger partial charge in [0.1, 0.15) is 5.75 Å². The summed E-state index contributed by atoms with van der Waals surface area (Å²) in [5.41, 5.74) is 3.27. The molecular formula is C21H19N3O2. The van der Waals surface area contributed by atoms with E-state index in [1.807, 2.05) is 61.5 Å². The number of nitrogens with zero attached hydrogens (tertiary/aromatic N) is 2. The van der Waals surface area contributed by atoms with Crippen molar-refractivity contribution in [3.8, 4) is 5.75 Å². The second-order valence-corrected chi connectivity index (χ2v) is 5.74. The maximum atomic E-state index is 12.0. The molecule has 0 fully saturated rings. The van der Waals surface area contributed by atoms with Crippen LogP contribution in [0.5, 0.6) is 5.75 Å². The summed E-state index contributed by atoms with van der Waals surface area (Å²) in [6.45, 7) is 1.93. The Kier molecular flexibility index (Phi) is 5.72. The molecule has 5 nitrogen and oxygen atoms in total. The number of hydrogen-bond acceptors (Lipinski definition) is 4. The number of carbonyl (C=O) groups excluding carboxylic acids is 1. The minimum Gasteiger partial charge on any atom is -0.484 e. The van der Waals surface area contributed by atoms with Crippen molar-refractivity contribution in [2.45, 2.75) is 6.92 Å². The molecule has 0 saturated heterocycles. The van der Waals surface area contributed by atoms with Crippen LogP contribution in [0, 0.1) is 6.92 Å². The molecular weight excluding hydrogens is 326 g/mol. The minimum absolute atomic E-state index is 0.0427. The zero-order valence-corrected chi connectivity index (χ0v) is 14.4. The Hall–Kier alpha value is -3.47. The summed E-state index contributed by atoms with van der Waals surface area (Å²) < 4.78 is 5.49. The van der Waals surface area contributed by atoms with Gasteiger partial charge in [-0.25, -0.2) is 0 Å². The number of nitrogens with one attached hydrogen (secondary N) is 1. The van der Waals surface area contributed by atoms with Crippen LogP contribution in [0.2, 0.25) is 0 Å². The fourth-order valence-electron chi connectivity index (χ4n) is 2.27. The average Bonchev–Trinajstić information content (AvgIpc) is 2.67. The Bertz CT molecular complexity index is 891. The van der Waals surface area contributed by atoms with E-state index < -0.39 is 0 Å². The lowest BCUT2D eigenvalue weighted by Crippen LogP contribution is -2.20. The van der Waals surface area contributed by atoms with Crippen molar-refractivity contribution >= 4 is 23.0 Å². The number of ether oxygens (including phenoxy) is 1. The molecule has 0 radical (unpaired) electrons. The largest absolute Gasteiger partial charge is 0.484 e. The van der Waals surface area contributed by atoms with E-state index in [1.165, 1.54) is 0 Å². The van der Waals surface area contributed by atoms with Crippen LogP contribution >= 0.6 is 0 Å². The number of anilines is 1. The third kappa shape index (κ3) is 5.27. The minimum atomic E-state index is -0.217. The SMILES string of the molecule is Cc1cccc(OCC(=O)Nc2ccc(N=Nc3ccccc3)cc2)c1. The summed E-state index contributed by atoms with van der Waals surface area (Å²) in [7, 11) is 0. The van der Waals surface area contributed by atoms with E-state index in [0.717, 1.165) is 11.3 Å². The topological polar surface area (TPSA) is 63.0 Å². The van der Waals surface area contributed by atoms with Gasteiger partial charge in [-0.1, -0.05) is 30.3 Å². The Morgan fingerprint density at radius 3 is 2.27 bits per heavy atom. The average molecular weight is 345 g/mol. The van der Waals surface area contributed by atoms with Crippen LogP contribution in [0.3, 0.4) is 0 Å². The number of hydrogen-bond donors (Lipinski definition) is 1. The van der Waals surface area contributed by atoms with E-state index in [9.17, 15) is 4.79 Å². The molecule has 0 heterocycles. The quantitative estimate of drug-likeness (QED) is 0.606. The Labute approximate surface area is 152 Å². The molecule has 5 heteroatoms. The standard InChI is InChI=1S/C21H19N3O2/c1-16-6-5-9-20(14-16)26-15-21(25)22-17-10-12-19(13-11-17)24-23-18-7-3-2-4-8-18/h2-14H,15H2,1H3,(H,22,25). The number of carbonyl (C=O) groups is 1. The van der Waals surface area contributed by atoms with Gasteiger partial charge in [-0.15, -0.1) is 0 Å². The summed E-state index contributed by atoms with van der Waals surface area (Å²) in [5, 5.41) is 11.1. The predicted molar refractivity (Wildman–Crippen MR) is 102 cm³/mol. The highest BCUT2D eigenvalue weighted by atomic mass is 16.5. The molecule has 26 heavy (non-hydrogen) atoms. The Morgan fingerprint density at radius 1 is 0.885 bits per heavy atom. The summed E-state index contributed by atoms with van der Waals surface area (Å²) in [6, 6.07) is 24.2. The van der Waals surface area contributed by atoms with Gasteiger partial charge in [0, 0.05) is 5.69 Å². The zero-order valence-electron chi connectivity index (χ0n) is 14.4.